The van der Waals surface area contributed by atoms with Crippen LogP contribution in [0, 0.1) is 0 Å². The van der Waals surface area contributed by atoms with E-state index in [0.717, 1.165) is 46.5 Å². The number of fused-ring (bicyclic) bond motifs is 1. The van der Waals surface area contributed by atoms with Crippen LogP contribution in [0.2, 0.25) is 0 Å². The van der Waals surface area contributed by atoms with Gasteiger partial charge in [-0.3, -0.25) is 0 Å². The van der Waals surface area contributed by atoms with E-state index in [1.807, 2.05) is 24.3 Å². The summed E-state index contributed by atoms with van der Waals surface area (Å²) in [7, 11) is -3.16. The fraction of sp³-hybridized carbons (Fsp3) is 0.571. The SMILES string of the molecule is CC1CCCN1CCCOc1ccc(-c2nc3c(s2)CN(S(C)(=O)=O)CC3)cc1. The first-order valence-electron chi connectivity index (χ1n) is 10.3. The molecule has 0 spiro atoms. The molecule has 1 unspecified atom stereocenters. The van der Waals surface area contributed by atoms with Crippen LogP contribution in [0.1, 0.15) is 36.8 Å². The Kier molecular flexibility index (Phi) is 6.24. The monoisotopic (exact) mass is 435 g/mol. The number of ether oxygens (including phenoxy) is 1. The van der Waals surface area contributed by atoms with Crippen LogP contribution in [0.3, 0.4) is 0 Å². The third-order valence-corrected chi connectivity index (χ3v) is 8.20. The highest BCUT2D eigenvalue weighted by Crippen LogP contribution is 2.33. The maximum absolute atomic E-state index is 11.8. The molecule has 1 aromatic heterocycles. The zero-order valence-corrected chi connectivity index (χ0v) is 18.8. The van der Waals surface area contributed by atoms with Gasteiger partial charge in [-0.05, 0) is 57.0 Å². The molecule has 0 bridgehead atoms. The van der Waals surface area contributed by atoms with Gasteiger partial charge >= 0.3 is 0 Å². The lowest BCUT2D eigenvalue weighted by Crippen LogP contribution is -2.34. The fourth-order valence-corrected chi connectivity index (χ4v) is 6.05. The molecule has 6 nitrogen and oxygen atoms in total. The van der Waals surface area contributed by atoms with Crippen LogP contribution < -0.4 is 4.74 Å². The third kappa shape index (κ3) is 4.99. The van der Waals surface area contributed by atoms with Gasteiger partial charge in [-0.2, -0.15) is 4.31 Å². The van der Waals surface area contributed by atoms with Gasteiger partial charge in [0.2, 0.25) is 10.0 Å². The number of benzene rings is 1. The fourth-order valence-electron chi connectivity index (χ4n) is 4.05. The van der Waals surface area contributed by atoms with Gasteiger partial charge in [0.15, 0.2) is 0 Å². The highest BCUT2D eigenvalue weighted by atomic mass is 32.2. The molecule has 2 aliphatic heterocycles. The minimum atomic E-state index is -3.16. The van der Waals surface area contributed by atoms with Crippen molar-refractivity contribution in [2.75, 3.05) is 32.5 Å². The van der Waals surface area contributed by atoms with E-state index < -0.39 is 10.0 Å². The van der Waals surface area contributed by atoms with Gasteiger partial charge in [0, 0.05) is 42.5 Å². The first kappa shape index (κ1) is 20.8. The lowest BCUT2D eigenvalue weighted by atomic mass is 10.2. The van der Waals surface area contributed by atoms with Crippen molar-refractivity contribution in [3.05, 3.63) is 34.8 Å². The van der Waals surface area contributed by atoms with E-state index in [1.165, 1.54) is 29.9 Å². The van der Waals surface area contributed by atoms with Gasteiger partial charge in [0.1, 0.15) is 10.8 Å². The van der Waals surface area contributed by atoms with Gasteiger partial charge in [0.25, 0.3) is 0 Å². The van der Waals surface area contributed by atoms with Gasteiger partial charge in [-0.1, -0.05) is 0 Å². The number of sulfonamides is 1. The Bertz CT molecular complexity index is 941. The number of aromatic nitrogens is 1. The number of rotatable bonds is 7. The van der Waals surface area contributed by atoms with E-state index in [4.69, 9.17) is 9.72 Å². The van der Waals surface area contributed by atoms with Crippen molar-refractivity contribution in [2.45, 2.75) is 45.2 Å². The molecule has 2 aliphatic rings. The molecule has 0 amide bonds. The van der Waals surface area contributed by atoms with Gasteiger partial charge in [-0.25, -0.2) is 13.4 Å². The largest absolute Gasteiger partial charge is 0.494 e. The zero-order chi connectivity index (χ0) is 20.4. The number of thiazole rings is 1. The molecule has 1 aromatic carbocycles. The van der Waals surface area contributed by atoms with E-state index in [-0.39, 0.29) is 0 Å². The number of nitrogens with zero attached hydrogens (tertiary/aromatic N) is 3. The van der Waals surface area contributed by atoms with E-state index in [1.54, 1.807) is 11.3 Å². The van der Waals surface area contributed by atoms with Crippen molar-refractivity contribution in [1.82, 2.24) is 14.2 Å². The van der Waals surface area contributed by atoms with Crippen LogP contribution >= 0.6 is 11.3 Å². The predicted molar refractivity (Wildman–Crippen MR) is 117 cm³/mol. The first-order chi connectivity index (χ1) is 13.9. The summed E-state index contributed by atoms with van der Waals surface area (Å²) in [5, 5.41) is 0.944. The Morgan fingerprint density at radius 2 is 2.03 bits per heavy atom. The summed E-state index contributed by atoms with van der Waals surface area (Å²) in [6.07, 6.45) is 5.62. The number of hydrogen-bond donors (Lipinski definition) is 0. The molecular weight excluding hydrogens is 406 g/mol. The molecule has 2 aromatic rings. The Morgan fingerprint density at radius 1 is 1.24 bits per heavy atom. The average molecular weight is 436 g/mol. The summed E-state index contributed by atoms with van der Waals surface area (Å²) in [6.45, 7) is 6.31. The predicted octanol–water partition coefficient (Wildman–Crippen LogP) is 3.38. The Labute approximate surface area is 177 Å². The second kappa shape index (κ2) is 8.71. The van der Waals surface area contributed by atoms with Crippen molar-refractivity contribution in [1.29, 1.82) is 0 Å². The molecular formula is C21H29N3O3S2. The molecule has 0 saturated carbocycles. The normalized spacial score (nSPS) is 20.7. The smallest absolute Gasteiger partial charge is 0.211 e. The molecule has 8 heteroatoms. The second-order valence-corrected chi connectivity index (χ2v) is 11.1. The quantitative estimate of drug-likeness (QED) is 0.624. The van der Waals surface area contributed by atoms with Crippen LogP contribution in [0.4, 0.5) is 0 Å². The molecule has 0 aliphatic carbocycles. The Morgan fingerprint density at radius 3 is 2.72 bits per heavy atom. The minimum Gasteiger partial charge on any atom is -0.494 e. The van der Waals surface area contributed by atoms with Gasteiger partial charge in [-0.15, -0.1) is 11.3 Å². The topological polar surface area (TPSA) is 62.7 Å². The second-order valence-electron chi connectivity index (χ2n) is 7.99. The highest BCUT2D eigenvalue weighted by Gasteiger charge is 2.26. The summed E-state index contributed by atoms with van der Waals surface area (Å²) in [4.78, 5) is 8.34. The third-order valence-electron chi connectivity index (χ3n) is 5.82. The van der Waals surface area contributed by atoms with Crippen LogP contribution in [0.5, 0.6) is 5.75 Å². The van der Waals surface area contributed by atoms with Crippen LogP contribution in [-0.2, 0) is 23.0 Å². The number of hydrogen-bond acceptors (Lipinski definition) is 6. The van der Waals surface area contributed by atoms with E-state index in [0.29, 0.717) is 25.6 Å². The molecule has 4 rings (SSSR count). The van der Waals surface area contributed by atoms with Gasteiger partial charge < -0.3 is 9.64 Å². The lowest BCUT2D eigenvalue weighted by molar-refractivity contribution is 0.230. The number of likely N-dealkylation sites (tertiary alicyclic amines) is 1. The summed E-state index contributed by atoms with van der Waals surface area (Å²) in [5.41, 5.74) is 2.08. The summed E-state index contributed by atoms with van der Waals surface area (Å²) < 4.78 is 31.0. The van der Waals surface area contributed by atoms with E-state index in [2.05, 4.69) is 11.8 Å². The zero-order valence-electron chi connectivity index (χ0n) is 17.1. The Balaban J connectivity index is 1.32. The van der Waals surface area contributed by atoms with Crippen molar-refractivity contribution in [3.8, 4) is 16.3 Å². The van der Waals surface area contributed by atoms with Gasteiger partial charge in [0.05, 0.1) is 18.6 Å². The molecule has 158 valence electrons. The molecule has 3 heterocycles. The standard InChI is InChI=1S/C21H29N3O3S2/c1-16-5-3-11-23(16)12-4-14-27-18-8-6-17(7-9-18)21-22-19-10-13-24(29(2,25)26)15-20(19)28-21/h6-9,16H,3-5,10-15H2,1-2H3. The molecule has 0 N–H and O–H groups in total. The molecule has 1 saturated heterocycles. The highest BCUT2D eigenvalue weighted by molar-refractivity contribution is 7.88. The minimum absolute atomic E-state index is 0.433. The summed E-state index contributed by atoms with van der Waals surface area (Å²) >= 11 is 1.59. The van der Waals surface area contributed by atoms with Crippen molar-refractivity contribution in [2.24, 2.45) is 0 Å². The average Bonchev–Trinajstić information content (AvgIpc) is 3.30. The maximum atomic E-state index is 11.8. The molecule has 0 radical (unpaired) electrons. The molecule has 1 fully saturated rings. The summed E-state index contributed by atoms with van der Waals surface area (Å²) in [5.74, 6) is 0.882. The van der Waals surface area contributed by atoms with Crippen LogP contribution in [-0.4, -0.2) is 61.1 Å². The summed E-state index contributed by atoms with van der Waals surface area (Å²) in [6, 6.07) is 8.78. The Hall–Kier alpha value is -1.48. The van der Waals surface area contributed by atoms with E-state index >= 15 is 0 Å². The van der Waals surface area contributed by atoms with Crippen LogP contribution in [0.25, 0.3) is 10.6 Å². The first-order valence-corrected chi connectivity index (χ1v) is 13.0. The molecule has 1 atom stereocenters. The van der Waals surface area contributed by atoms with Crippen molar-refractivity contribution < 1.29 is 13.2 Å². The lowest BCUT2D eigenvalue weighted by Gasteiger charge is -2.23. The van der Waals surface area contributed by atoms with E-state index in [9.17, 15) is 8.42 Å². The van der Waals surface area contributed by atoms with Crippen LogP contribution in [0.15, 0.2) is 24.3 Å². The van der Waals surface area contributed by atoms with Crippen molar-refractivity contribution in [3.63, 3.8) is 0 Å². The maximum Gasteiger partial charge on any atom is 0.211 e. The molecule has 29 heavy (non-hydrogen) atoms. The van der Waals surface area contributed by atoms with Crippen molar-refractivity contribution >= 4 is 21.4 Å².